The van der Waals surface area contributed by atoms with Gasteiger partial charge in [-0.3, -0.25) is 0 Å². The van der Waals surface area contributed by atoms with E-state index in [1.54, 1.807) is 11.3 Å². The van der Waals surface area contributed by atoms with Gasteiger partial charge < -0.3 is 4.98 Å². The molecule has 0 aliphatic carbocycles. The van der Waals surface area contributed by atoms with Gasteiger partial charge in [0.25, 0.3) is 0 Å². The van der Waals surface area contributed by atoms with Crippen LogP contribution in [0.4, 0.5) is 0 Å². The molecule has 68 valence electrons. The summed E-state index contributed by atoms with van der Waals surface area (Å²) in [4.78, 5) is 7.57. The second-order valence-electron chi connectivity index (χ2n) is 2.67. The number of alkyl halides is 1. The van der Waals surface area contributed by atoms with Crippen molar-refractivity contribution in [1.29, 1.82) is 0 Å². The molecule has 0 aliphatic rings. The zero-order valence-corrected chi connectivity index (χ0v) is 8.53. The van der Waals surface area contributed by atoms with Gasteiger partial charge in [0.15, 0.2) is 0 Å². The quantitative estimate of drug-likeness (QED) is 0.779. The number of aromatic amines is 1. The summed E-state index contributed by atoms with van der Waals surface area (Å²) in [6.07, 6.45) is 2.75. The van der Waals surface area contributed by atoms with Crippen LogP contribution in [0.2, 0.25) is 0 Å². The van der Waals surface area contributed by atoms with Crippen molar-refractivity contribution in [2.45, 2.75) is 6.42 Å². The molecule has 0 amide bonds. The van der Waals surface area contributed by atoms with Gasteiger partial charge in [-0.2, -0.15) is 0 Å². The number of hydrogen-bond donors (Lipinski definition) is 1. The standard InChI is InChI=1S/C9H9ClN2S/c10-4-3-7-6-13-9(12-7)8-2-1-5-11-8/h1-2,5-6,11H,3-4H2. The first kappa shape index (κ1) is 8.78. The van der Waals surface area contributed by atoms with Crippen molar-refractivity contribution in [2.24, 2.45) is 0 Å². The molecule has 2 heterocycles. The Bertz CT molecular complexity index is 367. The molecule has 13 heavy (non-hydrogen) atoms. The largest absolute Gasteiger partial charge is 0.359 e. The second kappa shape index (κ2) is 3.94. The molecule has 2 nitrogen and oxygen atoms in total. The number of H-pyrrole nitrogens is 1. The maximum absolute atomic E-state index is 5.63. The molecule has 0 radical (unpaired) electrons. The zero-order chi connectivity index (χ0) is 9.10. The maximum Gasteiger partial charge on any atom is 0.139 e. The van der Waals surface area contributed by atoms with E-state index in [9.17, 15) is 0 Å². The predicted octanol–water partition coefficient (Wildman–Crippen LogP) is 2.92. The van der Waals surface area contributed by atoms with Gasteiger partial charge in [0, 0.05) is 23.9 Å². The Balaban J connectivity index is 2.23. The molecule has 0 fully saturated rings. The third-order valence-electron chi connectivity index (χ3n) is 1.73. The van der Waals surface area contributed by atoms with Crippen LogP contribution < -0.4 is 0 Å². The first-order chi connectivity index (χ1) is 6.40. The highest BCUT2D eigenvalue weighted by atomic mass is 35.5. The van der Waals surface area contributed by atoms with E-state index in [0.717, 1.165) is 22.8 Å². The number of thiazole rings is 1. The summed E-state index contributed by atoms with van der Waals surface area (Å²) in [5.41, 5.74) is 2.15. The van der Waals surface area contributed by atoms with Gasteiger partial charge in [0.1, 0.15) is 5.01 Å². The summed E-state index contributed by atoms with van der Waals surface area (Å²) < 4.78 is 0. The van der Waals surface area contributed by atoms with Crippen molar-refractivity contribution in [3.8, 4) is 10.7 Å². The molecule has 2 rings (SSSR count). The molecule has 0 atom stereocenters. The molecule has 4 heteroatoms. The first-order valence-electron chi connectivity index (χ1n) is 4.04. The summed E-state index contributed by atoms with van der Waals surface area (Å²) >= 11 is 7.27. The number of rotatable bonds is 3. The minimum atomic E-state index is 0.633. The number of nitrogens with zero attached hydrogens (tertiary/aromatic N) is 1. The van der Waals surface area contributed by atoms with Gasteiger partial charge in [-0.25, -0.2) is 4.98 Å². The van der Waals surface area contributed by atoms with Crippen LogP contribution in [0, 0.1) is 0 Å². The fraction of sp³-hybridized carbons (Fsp3) is 0.222. The van der Waals surface area contributed by atoms with E-state index in [1.165, 1.54) is 0 Å². The summed E-state index contributed by atoms with van der Waals surface area (Å²) in [6.45, 7) is 0. The lowest BCUT2D eigenvalue weighted by Gasteiger charge is -1.89. The summed E-state index contributed by atoms with van der Waals surface area (Å²) in [5, 5.41) is 3.09. The fourth-order valence-electron chi connectivity index (χ4n) is 1.11. The van der Waals surface area contributed by atoms with E-state index in [2.05, 4.69) is 15.3 Å². The molecular weight excluding hydrogens is 204 g/mol. The van der Waals surface area contributed by atoms with Gasteiger partial charge >= 0.3 is 0 Å². The van der Waals surface area contributed by atoms with Gasteiger partial charge in [-0.05, 0) is 12.1 Å². The molecule has 0 aliphatic heterocycles. The summed E-state index contributed by atoms with van der Waals surface area (Å²) in [6, 6.07) is 3.99. The topological polar surface area (TPSA) is 28.7 Å². The van der Waals surface area contributed by atoms with Gasteiger partial charge in [0.2, 0.25) is 0 Å². The average molecular weight is 213 g/mol. The molecule has 0 spiro atoms. The number of aryl methyl sites for hydroxylation is 1. The molecule has 2 aromatic heterocycles. The molecule has 0 saturated carbocycles. The molecule has 0 bridgehead atoms. The van der Waals surface area contributed by atoms with Gasteiger partial charge in [-0.1, -0.05) is 0 Å². The van der Waals surface area contributed by atoms with Crippen molar-refractivity contribution < 1.29 is 0 Å². The van der Waals surface area contributed by atoms with E-state index in [4.69, 9.17) is 11.6 Å². The van der Waals surface area contributed by atoms with Crippen molar-refractivity contribution in [3.05, 3.63) is 29.4 Å². The smallest absolute Gasteiger partial charge is 0.139 e. The molecule has 2 aromatic rings. The highest BCUT2D eigenvalue weighted by Crippen LogP contribution is 2.21. The Morgan fingerprint density at radius 1 is 1.54 bits per heavy atom. The van der Waals surface area contributed by atoms with Crippen LogP contribution >= 0.6 is 22.9 Å². The van der Waals surface area contributed by atoms with Gasteiger partial charge in [0.05, 0.1) is 11.4 Å². The van der Waals surface area contributed by atoms with Crippen LogP contribution in [0.5, 0.6) is 0 Å². The Kier molecular flexibility index (Phi) is 2.66. The fourth-order valence-corrected chi connectivity index (χ4v) is 2.14. The van der Waals surface area contributed by atoms with E-state index in [-0.39, 0.29) is 0 Å². The Morgan fingerprint density at radius 2 is 2.46 bits per heavy atom. The number of aromatic nitrogens is 2. The number of hydrogen-bond acceptors (Lipinski definition) is 2. The summed E-state index contributed by atoms with van der Waals surface area (Å²) in [5.74, 6) is 0.633. The molecule has 0 saturated heterocycles. The van der Waals surface area contributed by atoms with Gasteiger partial charge in [-0.15, -0.1) is 22.9 Å². The number of halogens is 1. The van der Waals surface area contributed by atoms with Crippen LogP contribution in [0.15, 0.2) is 23.7 Å². The van der Waals surface area contributed by atoms with Crippen LogP contribution in [0.1, 0.15) is 5.69 Å². The van der Waals surface area contributed by atoms with Crippen LogP contribution in [0.3, 0.4) is 0 Å². The maximum atomic E-state index is 5.63. The Hall–Kier alpha value is -0.800. The first-order valence-corrected chi connectivity index (χ1v) is 5.45. The van der Waals surface area contributed by atoms with Crippen molar-refractivity contribution in [3.63, 3.8) is 0 Å². The van der Waals surface area contributed by atoms with Crippen LogP contribution in [-0.2, 0) is 6.42 Å². The Labute approximate surface area is 85.6 Å². The van der Waals surface area contributed by atoms with E-state index < -0.39 is 0 Å². The normalized spacial score (nSPS) is 10.5. The number of nitrogens with one attached hydrogen (secondary N) is 1. The zero-order valence-electron chi connectivity index (χ0n) is 6.96. The minimum Gasteiger partial charge on any atom is -0.359 e. The average Bonchev–Trinajstić information content (AvgIpc) is 2.70. The Morgan fingerprint density at radius 3 is 3.15 bits per heavy atom. The molecule has 0 aromatic carbocycles. The SMILES string of the molecule is ClCCc1csc(-c2ccc[nH]2)n1. The third-order valence-corrected chi connectivity index (χ3v) is 2.84. The van der Waals surface area contributed by atoms with Crippen molar-refractivity contribution >= 4 is 22.9 Å². The lowest BCUT2D eigenvalue weighted by molar-refractivity contribution is 1.07. The predicted molar refractivity (Wildman–Crippen MR) is 56.3 cm³/mol. The lowest BCUT2D eigenvalue weighted by atomic mass is 10.4. The highest BCUT2D eigenvalue weighted by molar-refractivity contribution is 7.13. The monoisotopic (exact) mass is 212 g/mol. The lowest BCUT2D eigenvalue weighted by Crippen LogP contribution is -1.85. The van der Waals surface area contributed by atoms with Crippen molar-refractivity contribution in [1.82, 2.24) is 9.97 Å². The van der Waals surface area contributed by atoms with E-state index in [1.807, 2.05) is 18.3 Å². The van der Waals surface area contributed by atoms with Crippen LogP contribution in [0.25, 0.3) is 10.7 Å². The summed E-state index contributed by atoms with van der Waals surface area (Å²) in [7, 11) is 0. The highest BCUT2D eigenvalue weighted by Gasteiger charge is 2.03. The van der Waals surface area contributed by atoms with Crippen molar-refractivity contribution in [2.75, 3.05) is 5.88 Å². The third kappa shape index (κ3) is 1.92. The molecule has 0 unspecified atom stereocenters. The minimum absolute atomic E-state index is 0.633. The van der Waals surface area contributed by atoms with Crippen LogP contribution in [-0.4, -0.2) is 15.8 Å². The second-order valence-corrected chi connectivity index (χ2v) is 3.90. The molecule has 1 N–H and O–H groups in total. The van der Waals surface area contributed by atoms with E-state index >= 15 is 0 Å². The van der Waals surface area contributed by atoms with E-state index in [0.29, 0.717) is 5.88 Å². The molecular formula is C9H9ClN2S.